The van der Waals surface area contributed by atoms with Crippen LogP contribution in [0.4, 0.5) is 5.95 Å². The molecule has 1 aromatic rings. The minimum atomic E-state index is 0.155. The lowest BCUT2D eigenvalue weighted by Crippen LogP contribution is -2.56. The molecule has 6 heteroatoms. The zero-order valence-corrected chi connectivity index (χ0v) is 18.2. The van der Waals surface area contributed by atoms with Gasteiger partial charge in [-0.3, -0.25) is 14.6 Å². The molecule has 0 radical (unpaired) electrons. The second-order valence-corrected chi connectivity index (χ2v) is 9.43. The van der Waals surface area contributed by atoms with E-state index in [1.54, 1.807) is 0 Å². The molecule has 4 heterocycles. The number of hydrogen-bond acceptors (Lipinski definition) is 6. The first-order valence-electron chi connectivity index (χ1n) is 11.2. The zero-order valence-electron chi connectivity index (χ0n) is 18.2. The molecule has 3 fully saturated rings. The summed E-state index contributed by atoms with van der Waals surface area (Å²) in [5.74, 6) is 1.29. The van der Waals surface area contributed by atoms with Gasteiger partial charge in [-0.05, 0) is 65.1 Å². The lowest BCUT2D eigenvalue weighted by Gasteiger charge is -2.42. The highest BCUT2D eigenvalue weighted by atomic mass is 16.1. The Labute approximate surface area is 175 Å². The number of anilines is 1. The highest BCUT2D eigenvalue weighted by Gasteiger charge is 2.41. The first-order valence-corrected chi connectivity index (χ1v) is 11.2. The van der Waals surface area contributed by atoms with Crippen molar-refractivity contribution in [1.29, 1.82) is 0 Å². The number of likely N-dealkylation sites (tertiary alicyclic amines) is 2. The topological polar surface area (TPSA) is 52.6 Å². The number of ketones is 1. The Morgan fingerprint density at radius 2 is 1.69 bits per heavy atom. The maximum atomic E-state index is 12.1. The number of hydrogen-bond donors (Lipinski definition) is 0. The summed E-state index contributed by atoms with van der Waals surface area (Å²) in [5.41, 5.74) is 1.85. The standard InChI is InChI=1S/C23H35N5O/c1-16(2)22(29)19-7-9-26(10-8-19)13-18-11-24-23(25-12-18)28-20-5-6-21(28)15-27(14-20)17(3)4/h11-12,17,19-21H,1,5-10,13-15H2,2-4H3. The number of nitrogens with zero attached hydrogens (tertiary/aromatic N) is 5. The van der Waals surface area contributed by atoms with E-state index < -0.39 is 0 Å². The third-order valence-electron chi connectivity index (χ3n) is 6.95. The van der Waals surface area contributed by atoms with Gasteiger partial charge in [0, 0.05) is 61.6 Å². The van der Waals surface area contributed by atoms with E-state index in [0.717, 1.165) is 57.1 Å². The summed E-state index contributed by atoms with van der Waals surface area (Å²) in [4.78, 5) is 29.1. The van der Waals surface area contributed by atoms with Crippen molar-refractivity contribution < 1.29 is 4.79 Å². The summed E-state index contributed by atoms with van der Waals surface area (Å²) < 4.78 is 0. The van der Waals surface area contributed by atoms with Crippen LogP contribution in [0, 0.1) is 5.92 Å². The number of rotatable bonds is 6. The molecule has 0 spiro atoms. The van der Waals surface area contributed by atoms with Gasteiger partial charge in [-0.15, -0.1) is 0 Å². The van der Waals surface area contributed by atoms with Crippen molar-refractivity contribution in [3.63, 3.8) is 0 Å². The second-order valence-electron chi connectivity index (χ2n) is 9.43. The zero-order chi connectivity index (χ0) is 20.5. The molecule has 0 aromatic carbocycles. The van der Waals surface area contributed by atoms with E-state index in [1.807, 2.05) is 19.3 Å². The number of carbonyl (C=O) groups is 1. The van der Waals surface area contributed by atoms with Crippen LogP contribution in [0.25, 0.3) is 0 Å². The Balaban J connectivity index is 1.33. The van der Waals surface area contributed by atoms with Crippen LogP contribution in [0.5, 0.6) is 0 Å². The largest absolute Gasteiger partial charge is 0.332 e. The molecule has 3 saturated heterocycles. The molecule has 2 bridgehead atoms. The highest BCUT2D eigenvalue weighted by Crippen LogP contribution is 2.33. The molecule has 158 valence electrons. The van der Waals surface area contributed by atoms with Crippen molar-refractivity contribution in [2.24, 2.45) is 5.92 Å². The number of allylic oxidation sites excluding steroid dienone is 1. The van der Waals surface area contributed by atoms with Crippen molar-refractivity contribution in [2.45, 2.75) is 71.1 Å². The first-order chi connectivity index (χ1) is 13.9. The number of fused-ring (bicyclic) bond motifs is 2. The Hall–Kier alpha value is -1.79. The summed E-state index contributed by atoms with van der Waals surface area (Å²) in [6.07, 6.45) is 8.35. The van der Waals surface area contributed by atoms with Crippen molar-refractivity contribution >= 4 is 11.7 Å². The van der Waals surface area contributed by atoms with Crippen LogP contribution < -0.4 is 4.90 Å². The predicted octanol–water partition coefficient (Wildman–Crippen LogP) is 2.90. The minimum absolute atomic E-state index is 0.155. The van der Waals surface area contributed by atoms with E-state index >= 15 is 0 Å². The molecule has 0 N–H and O–H groups in total. The molecule has 6 nitrogen and oxygen atoms in total. The number of piperazine rings is 1. The van der Waals surface area contributed by atoms with Crippen LogP contribution in [0.2, 0.25) is 0 Å². The molecule has 4 rings (SSSR count). The summed E-state index contributed by atoms with van der Waals surface area (Å²) in [6.45, 7) is 15.2. The van der Waals surface area contributed by atoms with Gasteiger partial charge in [0.1, 0.15) is 0 Å². The molecule has 3 aliphatic heterocycles. The Morgan fingerprint density at radius 3 is 2.21 bits per heavy atom. The van der Waals surface area contributed by atoms with E-state index in [9.17, 15) is 4.79 Å². The van der Waals surface area contributed by atoms with Crippen molar-refractivity contribution in [3.05, 3.63) is 30.1 Å². The van der Waals surface area contributed by atoms with Gasteiger partial charge in [0.05, 0.1) is 0 Å². The van der Waals surface area contributed by atoms with E-state index in [1.165, 1.54) is 12.8 Å². The fourth-order valence-corrected chi connectivity index (χ4v) is 5.21. The summed E-state index contributed by atoms with van der Waals surface area (Å²) in [7, 11) is 0. The van der Waals surface area contributed by atoms with Crippen LogP contribution in [-0.2, 0) is 11.3 Å². The van der Waals surface area contributed by atoms with Gasteiger partial charge < -0.3 is 4.90 Å². The first kappa shape index (κ1) is 20.5. The van der Waals surface area contributed by atoms with E-state index in [-0.39, 0.29) is 11.7 Å². The predicted molar refractivity (Wildman–Crippen MR) is 116 cm³/mol. The summed E-state index contributed by atoms with van der Waals surface area (Å²) >= 11 is 0. The molecule has 0 saturated carbocycles. The number of aromatic nitrogens is 2. The number of Topliss-reactive ketones (excluding diaryl/α,β-unsaturated/α-hetero) is 1. The molecule has 1 aromatic heterocycles. The van der Waals surface area contributed by atoms with Crippen LogP contribution in [0.15, 0.2) is 24.5 Å². The molecule has 3 aliphatic rings. The average Bonchev–Trinajstić information content (AvgIpc) is 2.97. The quantitative estimate of drug-likeness (QED) is 0.688. The fraction of sp³-hybridized carbons (Fsp3) is 0.696. The third kappa shape index (κ3) is 4.38. The maximum Gasteiger partial charge on any atom is 0.225 e. The van der Waals surface area contributed by atoms with E-state index in [4.69, 9.17) is 9.97 Å². The summed E-state index contributed by atoms with van der Waals surface area (Å²) in [6, 6.07) is 1.71. The molecule has 0 amide bonds. The Morgan fingerprint density at radius 1 is 1.10 bits per heavy atom. The molecule has 2 atom stereocenters. The lowest BCUT2D eigenvalue weighted by molar-refractivity contribution is -0.120. The van der Waals surface area contributed by atoms with Crippen molar-refractivity contribution in [3.8, 4) is 0 Å². The van der Waals surface area contributed by atoms with Crippen molar-refractivity contribution in [2.75, 3.05) is 31.1 Å². The van der Waals surface area contributed by atoms with Gasteiger partial charge in [-0.2, -0.15) is 0 Å². The minimum Gasteiger partial charge on any atom is -0.332 e. The van der Waals surface area contributed by atoms with E-state index in [2.05, 4.69) is 35.1 Å². The van der Waals surface area contributed by atoms with Crippen LogP contribution in [-0.4, -0.2) is 69.9 Å². The molecule has 2 unspecified atom stereocenters. The number of carbonyl (C=O) groups excluding carboxylic acids is 1. The van der Waals surface area contributed by atoms with Gasteiger partial charge in [-0.25, -0.2) is 9.97 Å². The number of piperidine rings is 1. The third-order valence-corrected chi connectivity index (χ3v) is 6.95. The Bertz CT molecular complexity index is 724. The van der Waals surface area contributed by atoms with Gasteiger partial charge in [0.2, 0.25) is 5.95 Å². The Kier molecular flexibility index (Phi) is 6.02. The molecular formula is C23H35N5O. The normalized spacial score (nSPS) is 26.3. The smallest absolute Gasteiger partial charge is 0.225 e. The molecule has 0 aliphatic carbocycles. The highest BCUT2D eigenvalue weighted by molar-refractivity contribution is 5.96. The van der Waals surface area contributed by atoms with Gasteiger partial charge >= 0.3 is 0 Å². The lowest BCUT2D eigenvalue weighted by atomic mass is 9.89. The SMILES string of the molecule is C=C(C)C(=O)C1CCN(Cc2cnc(N3C4CCC3CN(C(C)C)C4)nc2)CC1. The monoisotopic (exact) mass is 397 g/mol. The van der Waals surface area contributed by atoms with Crippen LogP contribution >= 0.6 is 0 Å². The van der Waals surface area contributed by atoms with Gasteiger partial charge in [-0.1, -0.05) is 6.58 Å². The fourth-order valence-electron chi connectivity index (χ4n) is 5.21. The van der Waals surface area contributed by atoms with E-state index in [0.29, 0.717) is 23.7 Å². The van der Waals surface area contributed by atoms with Gasteiger partial charge in [0.15, 0.2) is 5.78 Å². The van der Waals surface area contributed by atoms with Crippen LogP contribution in [0.3, 0.4) is 0 Å². The van der Waals surface area contributed by atoms with Crippen LogP contribution in [0.1, 0.15) is 52.0 Å². The molecule has 29 heavy (non-hydrogen) atoms. The second kappa shape index (κ2) is 8.52. The molecular weight excluding hydrogens is 362 g/mol. The maximum absolute atomic E-state index is 12.1. The van der Waals surface area contributed by atoms with Gasteiger partial charge in [0.25, 0.3) is 0 Å². The van der Waals surface area contributed by atoms with Crippen molar-refractivity contribution in [1.82, 2.24) is 19.8 Å². The summed E-state index contributed by atoms with van der Waals surface area (Å²) in [5, 5.41) is 0. The average molecular weight is 398 g/mol.